The summed E-state index contributed by atoms with van der Waals surface area (Å²) in [5, 5.41) is 12.4. The van der Waals surface area contributed by atoms with Crippen molar-refractivity contribution in [3.63, 3.8) is 0 Å². The molecule has 1 rings (SSSR count). The number of hydrogen-bond acceptors (Lipinski definition) is 4. The highest BCUT2D eigenvalue weighted by atomic mass is 16.5. The van der Waals surface area contributed by atoms with Gasteiger partial charge in [0.2, 0.25) is 5.91 Å². The second-order valence-corrected chi connectivity index (χ2v) is 5.56. The van der Waals surface area contributed by atoms with Gasteiger partial charge in [0.15, 0.2) is 11.5 Å². The SMILES string of the molecule is CCCCCCCOCCC(=O)NCc1ccc(O)c(OC)c1. The summed E-state index contributed by atoms with van der Waals surface area (Å²) in [6, 6.07) is 5.02. The summed E-state index contributed by atoms with van der Waals surface area (Å²) < 4.78 is 10.5. The summed E-state index contributed by atoms with van der Waals surface area (Å²) in [5.41, 5.74) is 0.879. The third-order valence-electron chi connectivity index (χ3n) is 3.60. The number of phenolic OH excluding ortho intramolecular Hbond substituents is 1. The second kappa shape index (κ2) is 11.8. The van der Waals surface area contributed by atoms with Crippen molar-refractivity contribution >= 4 is 5.91 Å². The molecule has 1 aromatic rings. The maximum atomic E-state index is 11.7. The van der Waals surface area contributed by atoms with Crippen LogP contribution in [0.5, 0.6) is 11.5 Å². The first-order chi connectivity index (χ1) is 11.2. The number of hydrogen-bond donors (Lipinski definition) is 2. The van der Waals surface area contributed by atoms with Gasteiger partial charge in [-0.25, -0.2) is 0 Å². The van der Waals surface area contributed by atoms with Crippen LogP contribution in [0, 0.1) is 0 Å². The van der Waals surface area contributed by atoms with Crippen molar-refractivity contribution in [2.75, 3.05) is 20.3 Å². The first-order valence-electron chi connectivity index (χ1n) is 8.37. The van der Waals surface area contributed by atoms with Crippen LogP contribution >= 0.6 is 0 Å². The molecule has 0 bridgehead atoms. The van der Waals surface area contributed by atoms with Gasteiger partial charge in [-0.05, 0) is 24.1 Å². The molecule has 1 aromatic carbocycles. The van der Waals surface area contributed by atoms with Crippen molar-refractivity contribution in [3.8, 4) is 11.5 Å². The summed E-state index contributed by atoms with van der Waals surface area (Å²) in [6.07, 6.45) is 6.41. The van der Waals surface area contributed by atoms with E-state index in [0.29, 0.717) is 25.3 Å². The minimum atomic E-state index is -0.0389. The fraction of sp³-hybridized carbons (Fsp3) is 0.611. The number of benzene rings is 1. The normalized spacial score (nSPS) is 10.5. The van der Waals surface area contributed by atoms with Gasteiger partial charge in [0, 0.05) is 19.6 Å². The highest BCUT2D eigenvalue weighted by Crippen LogP contribution is 2.26. The predicted molar refractivity (Wildman–Crippen MR) is 90.7 cm³/mol. The van der Waals surface area contributed by atoms with E-state index in [2.05, 4.69) is 12.2 Å². The third-order valence-corrected chi connectivity index (χ3v) is 3.60. The average Bonchev–Trinajstić information content (AvgIpc) is 2.56. The third kappa shape index (κ3) is 8.45. The lowest BCUT2D eigenvalue weighted by Crippen LogP contribution is -2.24. The number of carbonyl (C=O) groups is 1. The van der Waals surface area contributed by atoms with Crippen molar-refractivity contribution in [1.29, 1.82) is 0 Å². The van der Waals surface area contributed by atoms with Crippen molar-refractivity contribution in [2.45, 2.75) is 52.0 Å². The predicted octanol–water partition coefficient (Wildman–Crippen LogP) is 3.39. The number of nitrogens with one attached hydrogen (secondary N) is 1. The first kappa shape index (κ1) is 19.3. The van der Waals surface area contributed by atoms with Crippen LogP contribution in [-0.4, -0.2) is 31.3 Å². The Morgan fingerprint density at radius 3 is 2.70 bits per heavy atom. The highest BCUT2D eigenvalue weighted by Gasteiger charge is 2.05. The molecular weight excluding hydrogens is 294 g/mol. The van der Waals surface area contributed by atoms with Crippen LogP contribution < -0.4 is 10.1 Å². The van der Waals surface area contributed by atoms with E-state index in [1.165, 1.54) is 32.8 Å². The van der Waals surface area contributed by atoms with E-state index in [9.17, 15) is 9.90 Å². The van der Waals surface area contributed by atoms with E-state index in [4.69, 9.17) is 9.47 Å². The largest absolute Gasteiger partial charge is 0.504 e. The molecule has 0 aromatic heterocycles. The fourth-order valence-corrected chi connectivity index (χ4v) is 2.20. The van der Waals surface area contributed by atoms with Gasteiger partial charge in [0.1, 0.15) is 0 Å². The van der Waals surface area contributed by atoms with Crippen LogP contribution in [-0.2, 0) is 16.1 Å². The molecule has 130 valence electrons. The van der Waals surface area contributed by atoms with Crippen LogP contribution in [0.4, 0.5) is 0 Å². The van der Waals surface area contributed by atoms with E-state index < -0.39 is 0 Å². The van der Waals surface area contributed by atoms with Crippen molar-refractivity contribution in [1.82, 2.24) is 5.32 Å². The summed E-state index contributed by atoms with van der Waals surface area (Å²) in [6.45, 7) is 3.79. The lowest BCUT2D eigenvalue weighted by atomic mass is 10.2. The zero-order chi connectivity index (χ0) is 16.9. The number of phenols is 1. The van der Waals surface area contributed by atoms with Crippen LogP contribution in [0.1, 0.15) is 51.0 Å². The molecule has 2 N–H and O–H groups in total. The monoisotopic (exact) mass is 323 g/mol. The van der Waals surface area contributed by atoms with Crippen LogP contribution in [0.3, 0.4) is 0 Å². The molecule has 0 aliphatic heterocycles. The first-order valence-corrected chi connectivity index (χ1v) is 8.37. The molecule has 23 heavy (non-hydrogen) atoms. The molecule has 0 heterocycles. The lowest BCUT2D eigenvalue weighted by molar-refractivity contribution is -0.122. The summed E-state index contributed by atoms with van der Waals surface area (Å²) in [7, 11) is 1.50. The lowest BCUT2D eigenvalue weighted by Gasteiger charge is -2.08. The van der Waals surface area contributed by atoms with Gasteiger partial charge >= 0.3 is 0 Å². The molecule has 5 heteroatoms. The van der Waals surface area contributed by atoms with E-state index in [0.717, 1.165) is 18.6 Å². The molecule has 1 amide bonds. The van der Waals surface area contributed by atoms with Gasteiger partial charge in [0.05, 0.1) is 13.7 Å². The molecule has 0 saturated heterocycles. The maximum absolute atomic E-state index is 11.7. The molecule has 0 atom stereocenters. The molecule has 0 aliphatic carbocycles. The van der Waals surface area contributed by atoms with E-state index in [-0.39, 0.29) is 11.7 Å². The van der Waals surface area contributed by atoms with E-state index in [1.54, 1.807) is 18.2 Å². The quantitative estimate of drug-likeness (QED) is 0.579. The van der Waals surface area contributed by atoms with E-state index >= 15 is 0 Å². The molecule has 0 unspecified atom stereocenters. The Morgan fingerprint density at radius 2 is 1.96 bits per heavy atom. The minimum Gasteiger partial charge on any atom is -0.504 e. The topological polar surface area (TPSA) is 67.8 Å². The molecule has 0 radical (unpaired) electrons. The van der Waals surface area contributed by atoms with Crippen LogP contribution in [0.2, 0.25) is 0 Å². The smallest absolute Gasteiger partial charge is 0.222 e. The number of methoxy groups -OCH3 is 1. The van der Waals surface area contributed by atoms with Gasteiger partial charge in [0.25, 0.3) is 0 Å². The molecular formula is C18H29NO4. The number of aromatic hydroxyl groups is 1. The molecule has 0 fully saturated rings. The number of ether oxygens (including phenoxy) is 2. The standard InChI is InChI=1S/C18H29NO4/c1-3-4-5-6-7-11-23-12-10-18(21)19-14-15-8-9-16(20)17(13-15)22-2/h8-9,13,20H,3-7,10-12,14H2,1-2H3,(H,19,21). The Morgan fingerprint density at radius 1 is 1.17 bits per heavy atom. The number of carbonyl (C=O) groups excluding carboxylic acids is 1. The Kier molecular flexibility index (Phi) is 9.87. The Bertz CT molecular complexity index is 462. The fourth-order valence-electron chi connectivity index (χ4n) is 2.20. The van der Waals surface area contributed by atoms with Gasteiger partial charge in [-0.1, -0.05) is 38.7 Å². The molecule has 0 spiro atoms. The van der Waals surface area contributed by atoms with Crippen molar-refractivity contribution in [2.24, 2.45) is 0 Å². The zero-order valence-corrected chi connectivity index (χ0v) is 14.3. The summed E-state index contributed by atoms with van der Waals surface area (Å²) in [4.78, 5) is 11.7. The van der Waals surface area contributed by atoms with Gasteiger partial charge in [-0.2, -0.15) is 0 Å². The van der Waals surface area contributed by atoms with Gasteiger partial charge < -0.3 is 19.9 Å². The highest BCUT2D eigenvalue weighted by molar-refractivity contribution is 5.75. The number of unbranched alkanes of at least 4 members (excludes halogenated alkanes) is 4. The van der Waals surface area contributed by atoms with Crippen LogP contribution in [0.15, 0.2) is 18.2 Å². The Hall–Kier alpha value is -1.75. The second-order valence-electron chi connectivity index (χ2n) is 5.56. The average molecular weight is 323 g/mol. The number of rotatable bonds is 12. The van der Waals surface area contributed by atoms with Crippen molar-refractivity contribution in [3.05, 3.63) is 23.8 Å². The van der Waals surface area contributed by atoms with Gasteiger partial charge in [-0.15, -0.1) is 0 Å². The Labute approximate surface area is 139 Å². The summed E-state index contributed by atoms with van der Waals surface area (Å²) in [5.74, 6) is 0.459. The minimum absolute atomic E-state index is 0.0389. The molecule has 0 aliphatic rings. The Balaban J connectivity index is 2.10. The molecule has 5 nitrogen and oxygen atoms in total. The van der Waals surface area contributed by atoms with Crippen molar-refractivity contribution < 1.29 is 19.4 Å². The number of amides is 1. The summed E-state index contributed by atoms with van der Waals surface area (Å²) >= 11 is 0. The molecule has 0 saturated carbocycles. The van der Waals surface area contributed by atoms with Gasteiger partial charge in [-0.3, -0.25) is 4.79 Å². The van der Waals surface area contributed by atoms with E-state index in [1.807, 2.05) is 0 Å². The zero-order valence-electron chi connectivity index (χ0n) is 14.3. The maximum Gasteiger partial charge on any atom is 0.222 e. The van der Waals surface area contributed by atoms with Crippen LogP contribution in [0.25, 0.3) is 0 Å².